The highest BCUT2D eigenvalue weighted by Crippen LogP contribution is 2.05. The van der Waals surface area contributed by atoms with Crippen LogP contribution in [0.1, 0.15) is 26.7 Å². The van der Waals surface area contributed by atoms with Crippen molar-refractivity contribution in [2.45, 2.75) is 26.7 Å². The van der Waals surface area contributed by atoms with Crippen LogP contribution in [0, 0.1) is 18.3 Å². The van der Waals surface area contributed by atoms with E-state index in [0.29, 0.717) is 5.92 Å². The van der Waals surface area contributed by atoms with Gasteiger partial charge in [-0.3, -0.25) is 4.79 Å². The Kier molecular flexibility index (Phi) is 5.20. The molecule has 0 N–H and O–H groups in total. The van der Waals surface area contributed by atoms with Crippen LogP contribution in [0.15, 0.2) is 11.6 Å². The van der Waals surface area contributed by atoms with Crippen molar-refractivity contribution in [3.63, 3.8) is 0 Å². The number of aldehydes is 1. The highest BCUT2D eigenvalue weighted by molar-refractivity contribution is 5.71. The number of hydrogen-bond donors (Lipinski definition) is 0. The second-order valence-electron chi connectivity index (χ2n) is 2.71. The Morgan fingerprint density at radius 2 is 2.36 bits per heavy atom. The van der Waals surface area contributed by atoms with Crippen LogP contribution in [-0.4, -0.2) is 6.29 Å². The van der Waals surface area contributed by atoms with Gasteiger partial charge in [0.1, 0.15) is 6.29 Å². The molecule has 0 fully saturated rings. The van der Waals surface area contributed by atoms with Crippen molar-refractivity contribution >= 4 is 6.29 Å². The first-order chi connectivity index (χ1) is 5.20. The number of carbonyl (C=O) groups excluding carboxylic acids is 1. The molecule has 1 heteroatoms. The normalized spacial score (nSPS) is 13.7. The lowest BCUT2D eigenvalue weighted by molar-refractivity contribution is -0.104. The Hall–Kier alpha value is -1.03. The lowest BCUT2D eigenvalue weighted by Crippen LogP contribution is -1.88. The van der Waals surface area contributed by atoms with Crippen molar-refractivity contribution in [2.24, 2.45) is 5.92 Å². The van der Waals surface area contributed by atoms with Crippen molar-refractivity contribution in [3.8, 4) is 12.3 Å². The van der Waals surface area contributed by atoms with Gasteiger partial charge >= 0.3 is 0 Å². The molecule has 11 heavy (non-hydrogen) atoms. The molecule has 1 nitrogen and oxygen atoms in total. The number of rotatable bonds is 4. The summed E-state index contributed by atoms with van der Waals surface area (Å²) in [6, 6.07) is 0. The van der Waals surface area contributed by atoms with Crippen LogP contribution in [0.3, 0.4) is 0 Å². The molecule has 0 amide bonds. The minimum Gasteiger partial charge on any atom is -0.298 e. The Morgan fingerprint density at radius 1 is 1.73 bits per heavy atom. The lowest BCUT2D eigenvalue weighted by Gasteiger charge is -1.98. The third-order valence-corrected chi connectivity index (χ3v) is 1.54. The molecule has 0 aliphatic rings. The first-order valence-corrected chi connectivity index (χ1v) is 3.78. The fourth-order valence-corrected chi connectivity index (χ4v) is 0.692. The van der Waals surface area contributed by atoms with E-state index in [2.05, 4.69) is 5.92 Å². The summed E-state index contributed by atoms with van der Waals surface area (Å²) >= 11 is 0. The standard InChI is InChI=1S/C10H14O/c1-4-9(2)6-5-7-10(3)8-11/h1,7-9H,5-6H2,2-3H3/b10-7+/t9-/m0/s1. The molecule has 0 aromatic carbocycles. The Bertz CT molecular complexity index is 184. The van der Waals surface area contributed by atoms with Gasteiger partial charge in [0.2, 0.25) is 0 Å². The molecule has 0 rings (SSSR count). The summed E-state index contributed by atoms with van der Waals surface area (Å²) in [5.41, 5.74) is 0.786. The molecule has 0 heterocycles. The van der Waals surface area contributed by atoms with Crippen LogP contribution in [0.2, 0.25) is 0 Å². The second-order valence-corrected chi connectivity index (χ2v) is 2.71. The fourth-order valence-electron chi connectivity index (χ4n) is 0.692. The monoisotopic (exact) mass is 150 g/mol. The first-order valence-electron chi connectivity index (χ1n) is 3.78. The maximum absolute atomic E-state index is 10.1. The first kappa shape index (κ1) is 9.97. The molecule has 0 saturated heterocycles. The minimum absolute atomic E-state index is 0.311. The van der Waals surface area contributed by atoms with Gasteiger partial charge in [-0.2, -0.15) is 0 Å². The van der Waals surface area contributed by atoms with Crippen molar-refractivity contribution in [2.75, 3.05) is 0 Å². The summed E-state index contributed by atoms with van der Waals surface area (Å²) in [4.78, 5) is 10.1. The number of hydrogen-bond acceptors (Lipinski definition) is 1. The van der Waals surface area contributed by atoms with E-state index in [9.17, 15) is 4.79 Å². The maximum atomic E-state index is 10.1. The van der Waals surface area contributed by atoms with Gasteiger partial charge in [0, 0.05) is 5.92 Å². The van der Waals surface area contributed by atoms with Gasteiger partial charge in [0.15, 0.2) is 0 Å². The van der Waals surface area contributed by atoms with Gasteiger partial charge < -0.3 is 0 Å². The van der Waals surface area contributed by atoms with E-state index >= 15 is 0 Å². The predicted molar refractivity (Wildman–Crippen MR) is 47.1 cm³/mol. The average Bonchev–Trinajstić information content (AvgIpc) is 2.04. The van der Waals surface area contributed by atoms with E-state index in [1.807, 2.05) is 13.0 Å². The molecule has 0 aliphatic carbocycles. The SMILES string of the molecule is C#C[C@H](C)CC/C=C(\C)C=O. The molecule has 1 atom stereocenters. The van der Waals surface area contributed by atoms with Crippen LogP contribution in [0.5, 0.6) is 0 Å². The van der Waals surface area contributed by atoms with Crippen LogP contribution in [0.4, 0.5) is 0 Å². The molecule has 0 spiro atoms. The van der Waals surface area contributed by atoms with Crippen molar-refractivity contribution < 1.29 is 4.79 Å². The van der Waals surface area contributed by atoms with Crippen LogP contribution < -0.4 is 0 Å². The number of carbonyl (C=O) groups is 1. The van der Waals surface area contributed by atoms with E-state index in [1.165, 1.54) is 0 Å². The molecule has 0 aromatic heterocycles. The van der Waals surface area contributed by atoms with E-state index in [0.717, 1.165) is 24.7 Å². The third kappa shape index (κ3) is 5.42. The summed E-state index contributed by atoms with van der Waals surface area (Å²) in [5.74, 6) is 2.95. The quantitative estimate of drug-likeness (QED) is 0.341. The van der Waals surface area contributed by atoms with Crippen LogP contribution in [-0.2, 0) is 4.79 Å². The van der Waals surface area contributed by atoms with Crippen LogP contribution >= 0.6 is 0 Å². The van der Waals surface area contributed by atoms with E-state index < -0.39 is 0 Å². The van der Waals surface area contributed by atoms with Crippen molar-refractivity contribution in [3.05, 3.63) is 11.6 Å². The molecule has 0 aromatic rings. The zero-order valence-corrected chi connectivity index (χ0v) is 7.13. The highest BCUT2D eigenvalue weighted by Gasteiger charge is 1.93. The Labute approximate surface area is 68.5 Å². The van der Waals surface area contributed by atoms with Gasteiger partial charge in [0.05, 0.1) is 0 Å². The summed E-state index contributed by atoms with van der Waals surface area (Å²) < 4.78 is 0. The van der Waals surface area contributed by atoms with Crippen molar-refractivity contribution in [1.82, 2.24) is 0 Å². The maximum Gasteiger partial charge on any atom is 0.145 e. The molecule has 0 saturated carbocycles. The van der Waals surface area contributed by atoms with Crippen molar-refractivity contribution in [1.29, 1.82) is 0 Å². The van der Waals surface area contributed by atoms with Crippen LogP contribution in [0.25, 0.3) is 0 Å². The molecule has 60 valence electrons. The molecule has 0 aliphatic heterocycles. The predicted octanol–water partition coefficient (Wildman–Crippen LogP) is 2.18. The zero-order valence-electron chi connectivity index (χ0n) is 7.13. The van der Waals surface area contributed by atoms with Gasteiger partial charge in [-0.25, -0.2) is 0 Å². The third-order valence-electron chi connectivity index (χ3n) is 1.54. The Balaban J connectivity index is 3.58. The largest absolute Gasteiger partial charge is 0.298 e. The summed E-state index contributed by atoms with van der Waals surface area (Å²) in [7, 11) is 0. The smallest absolute Gasteiger partial charge is 0.145 e. The van der Waals surface area contributed by atoms with E-state index in [1.54, 1.807) is 6.92 Å². The average molecular weight is 150 g/mol. The number of allylic oxidation sites excluding steroid dienone is 2. The summed E-state index contributed by atoms with van der Waals surface area (Å²) in [6.07, 6.45) is 9.82. The van der Waals surface area contributed by atoms with Gasteiger partial charge in [-0.15, -0.1) is 12.3 Å². The molecule has 0 radical (unpaired) electrons. The molecule has 0 unspecified atom stereocenters. The fraction of sp³-hybridized carbons (Fsp3) is 0.500. The van der Waals surface area contributed by atoms with E-state index in [4.69, 9.17) is 6.42 Å². The molecular formula is C10H14O. The van der Waals surface area contributed by atoms with Gasteiger partial charge in [-0.05, 0) is 25.3 Å². The topological polar surface area (TPSA) is 17.1 Å². The Morgan fingerprint density at radius 3 is 2.82 bits per heavy atom. The molecule has 0 bridgehead atoms. The highest BCUT2D eigenvalue weighted by atomic mass is 16.1. The summed E-state index contributed by atoms with van der Waals surface area (Å²) in [6.45, 7) is 3.80. The summed E-state index contributed by atoms with van der Waals surface area (Å²) in [5, 5.41) is 0. The van der Waals surface area contributed by atoms with Gasteiger partial charge in [-0.1, -0.05) is 13.0 Å². The molecular weight excluding hydrogens is 136 g/mol. The zero-order chi connectivity index (χ0) is 8.69. The van der Waals surface area contributed by atoms with Gasteiger partial charge in [0.25, 0.3) is 0 Å². The minimum atomic E-state index is 0.311. The number of terminal acetylenes is 1. The second kappa shape index (κ2) is 5.73. The lowest BCUT2D eigenvalue weighted by atomic mass is 10.1. The van der Waals surface area contributed by atoms with E-state index in [-0.39, 0.29) is 0 Å².